The van der Waals surface area contributed by atoms with Gasteiger partial charge >= 0.3 is 0 Å². The Morgan fingerprint density at radius 2 is 2.05 bits per heavy atom. The predicted octanol–water partition coefficient (Wildman–Crippen LogP) is 3.44. The van der Waals surface area contributed by atoms with E-state index in [-0.39, 0.29) is 0 Å². The summed E-state index contributed by atoms with van der Waals surface area (Å²) in [6.07, 6.45) is 0. The highest BCUT2D eigenvalue weighted by Gasteiger charge is 2.10. The van der Waals surface area contributed by atoms with Crippen molar-refractivity contribution in [3.8, 4) is 5.75 Å². The number of halogens is 1. The van der Waals surface area contributed by atoms with Crippen LogP contribution in [-0.4, -0.2) is 16.7 Å². The second-order valence-corrected chi connectivity index (χ2v) is 5.36. The Labute approximate surface area is 125 Å². The van der Waals surface area contributed by atoms with E-state index in [2.05, 4.69) is 27.0 Å². The van der Waals surface area contributed by atoms with E-state index in [4.69, 9.17) is 10.5 Å². The Kier molecular flexibility index (Phi) is 3.36. The summed E-state index contributed by atoms with van der Waals surface area (Å²) in [7, 11) is 1.64. The highest BCUT2D eigenvalue weighted by molar-refractivity contribution is 9.10. The number of nitrogen functional groups attached to an aromatic ring is 1. The minimum atomic E-state index is 0.504. The first kappa shape index (κ1) is 13.0. The Balaban J connectivity index is 2.07. The smallest absolute Gasteiger partial charge is 0.201 e. The zero-order valence-corrected chi connectivity index (χ0v) is 12.6. The van der Waals surface area contributed by atoms with Gasteiger partial charge in [0.05, 0.1) is 24.7 Å². The number of ether oxygens (including phenoxy) is 1. The lowest BCUT2D eigenvalue weighted by Crippen LogP contribution is -2.04. The molecule has 0 aliphatic carbocycles. The van der Waals surface area contributed by atoms with Crippen LogP contribution in [0.1, 0.15) is 5.56 Å². The van der Waals surface area contributed by atoms with Crippen LogP contribution in [-0.2, 0) is 6.54 Å². The SMILES string of the molecule is COc1ccc2c(c1)nc(N)n2Cc1ccccc1Br. The third kappa shape index (κ3) is 2.25. The second-order valence-electron chi connectivity index (χ2n) is 4.50. The van der Waals surface area contributed by atoms with Crippen molar-refractivity contribution in [1.82, 2.24) is 9.55 Å². The number of nitrogens with two attached hydrogens (primary N) is 1. The molecule has 0 spiro atoms. The van der Waals surface area contributed by atoms with Gasteiger partial charge in [-0.05, 0) is 23.8 Å². The van der Waals surface area contributed by atoms with E-state index in [1.54, 1.807) is 7.11 Å². The first-order chi connectivity index (χ1) is 9.69. The molecule has 1 heterocycles. The molecule has 0 saturated carbocycles. The molecule has 5 heteroatoms. The predicted molar refractivity (Wildman–Crippen MR) is 83.9 cm³/mol. The lowest BCUT2D eigenvalue weighted by molar-refractivity contribution is 0.415. The van der Waals surface area contributed by atoms with Crippen LogP contribution in [0.15, 0.2) is 46.9 Å². The van der Waals surface area contributed by atoms with Crippen LogP contribution < -0.4 is 10.5 Å². The van der Waals surface area contributed by atoms with E-state index in [0.29, 0.717) is 12.5 Å². The van der Waals surface area contributed by atoms with E-state index >= 15 is 0 Å². The molecular weight excluding hydrogens is 318 g/mol. The highest BCUT2D eigenvalue weighted by Crippen LogP contribution is 2.25. The minimum absolute atomic E-state index is 0.504. The zero-order valence-electron chi connectivity index (χ0n) is 11.0. The number of anilines is 1. The van der Waals surface area contributed by atoms with Crippen molar-refractivity contribution in [3.05, 3.63) is 52.5 Å². The van der Waals surface area contributed by atoms with E-state index < -0.39 is 0 Å². The van der Waals surface area contributed by atoms with E-state index in [9.17, 15) is 0 Å². The summed E-state index contributed by atoms with van der Waals surface area (Å²) in [5.41, 5.74) is 9.04. The minimum Gasteiger partial charge on any atom is -0.497 e. The first-order valence-corrected chi connectivity index (χ1v) is 7.01. The summed E-state index contributed by atoms with van der Waals surface area (Å²) >= 11 is 3.56. The number of hydrogen-bond donors (Lipinski definition) is 1. The number of rotatable bonds is 3. The van der Waals surface area contributed by atoms with Crippen molar-refractivity contribution in [2.75, 3.05) is 12.8 Å². The van der Waals surface area contributed by atoms with Crippen molar-refractivity contribution in [1.29, 1.82) is 0 Å². The number of fused-ring (bicyclic) bond motifs is 1. The maximum Gasteiger partial charge on any atom is 0.201 e. The molecule has 0 fully saturated rings. The molecule has 20 heavy (non-hydrogen) atoms. The van der Waals surface area contributed by atoms with Gasteiger partial charge in [0.2, 0.25) is 5.95 Å². The average molecular weight is 332 g/mol. The first-order valence-electron chi connectivity index (χ1n) is 6.22. The normalized spacial score (nSPS) is 10.9. The van der Waals surface area contributed by atoms with Crippen LogP contribution in [0.4, 0.5) is 5.95 Å². The molecule has 102 valence electrons. The van der Waals surface area contributed by atoms with Gasteiger partial charge in [0.25, 0.3) is 0 Å². The summed E-state index contributed by atoms with van der Waals surface area (Å²) in [5.74, 6) is 1.28. The summed E-state index contributed by atoms with van der Waals surface area (Å²) in [5, 5.41) is 0. The molecule has 3 rings (SSSR count). The maximum absolute atomic E-state index is 6.04. The second kappa shape index (κ2) is 5.17. The molecule has 0 radical (unpaired) electrons. The fourth-order valence-corrected chi connectivity index (χ4v) is 2.63. The van der Waals surface area contributed by atoms with Gasteiger partial charge in [-0.2, -0.15) is 0 Å². The molecule has 3 aromatic rings. The average Bonchev–Trinajstić information content (AvgIpc) is 2.76. The summed E-state index contributed by atoms with van der Waals surface area (Å²) < 4.78 is 8.27. The van der Waals surface area contributed by atoms with Gasteiger partial charge in [-0.3, -0.25) is 0 Å². The summed E-state index contributed by atoms with van der Waals surface area (Å²) in [6.45, 7) is 0.677. The highest BCUT2D eigenvalue weighted by atomic mass is 79.9. The lowest BCUT2D eigenvalue weighted by atomic mass is 10.2. The van der Waals surface area contributed by atoms with Gasteiger partial charge < -0.3 is 15.0 Å². The Morgan fingerprint density at radius 1 is 1.25 bits per heavy atom. The van der Waals surface area contributed by atoms with E-state index in [0.717, 1.165) is 26.8 Å². The van der Waals surface area contributed by atoms with Gasteiger partial charge in [0.1, 0.15) is 5.75 Å². The van der Waals surface area contributed by atoms with E-state index in [1.165, 1.54) is 0 Å². The van der Waals surface area contributed by atoms with Crippen molar-refractivity contribution in [2.24, 2.45) is 0 Å². The number of nitrogens with zero attached hydrogens (tertiary/aromatic N) is 2. The van der Waals surface area contributed by atoms with Gasteiger partial charge in [0.15, 0.2) is 0 Å². The quantitative estimate of drug-likeness (QED) is 0.799. The van der Waals surface area contributed by atoms with Crippen LogP contribution in [0.25, 0.3) is 11.0 Å². The van der Waals surface area contributed by atoms with Gasteiger partial charge in [0, 0.05) is 10.5 Å². The van der Waals surface area contributed by atoms with Crippen LogP contribution in [0, 0.1) is 0 Å². The van der Waals surface area contributed by atoms with Crippen LogP contribution in [0.2, 0.25) is 0 Å². The van der Waals surface area contributed by atoms with Gasteiger partial charge in [-0.25, -0.2) is 4.98 Å². The molecule has 0 bridgehead atoms. The third-order valence-corrected chi connectivity index (χ3v) is 4.04. The molecule has 0 atom stereocenters. The van der Waals surface area contributed by atoms with Gasteiger partial charge in [-0.1, -0.05) is 34.1 Å². The number of benzene rings is 2. The number of hydrogen-bond acceptors (Lipinski definition) is 3. The van der Waals surface area contributed by atoms with Crippen molar-refractivity contribution in [2.45, 2.75) is 6.54 Å². The molecule has 2 N–H and O–H groups in total. The summed E-state index contributed by atoms with van der Waals surface area (Å²) in [6, 6.07) is 13.9. The largest absolute Gasteiger partial charge is 0.497 e. The topological polar surface area (TPSA) is 53.1 Å². The Hall–Kier alpha value is -2.01. The number of methoxy groups -OCH3 is 1. The molecule has 0 aliphatic rings. The Morgan fingerprint density at radius 3 is 2.80 bits per heavy atom. The molecule has 4 nitrogen and oxygen atoms in total. The molecular formula is C15H14BrN3O. The monoisotopic (exact) mass is 331 g/mol. The number of imidazole rings is 1. The van der Waals surface area contributed by atoms with Crippen molar-refractivity contribution in [3.63, 3.8) is 0 Å². The zero-order chi connectivity index (χ0) is 14.1. The van der Waals surface area contributed by atoms with Crippen LogP contribution >= 0.6 is 15.9 Å². The molecule has 2 aromatic carbocycles. The maximum atomic E-state index is 6.04. The van der Waals surface area contributed by atoms with Crippen molar-refractivity contribution >= 4 is 32.9 Å². The Bertz CT molecular complexity index is 767. The molecule has 0 unspecified atom stereocenters. The standard InChI is InChI=1S/C15H14BrN3O/c1-20-11-6-7-14-13(8-11)18-15(17)19(14)9-10-4-2-3-5-12(10)16/h2-8H,9H2,1H3,(H2,17,18). The van der Waals surface area contributed by atoms with Crippen LogP contribution in [0.3, 0.4) is 0 Å². The molecule has 0 saturated heterocycles. The fraction of sp³-hybridized carbons (Fsp3) is 0.133. The fourth-order valence-electron chi connectivity index (χ4n) is 2.22. The van der Waals surface area contributed by atoms with E-state index in [1.807, 2.05) is 41.0 Å². The van der Waals surface area contributed by atoms with Crippen molar-refractivity contribution < 1.29 is 4.74 Å². The molecule has 0 amide bonds. The third-order valence-electron chi connectivity index (χ3n) is 3.27. The van der Waals surface area contributed by atoms with Crippen LogP contribution in [0.5, 0.6) is 5.75 Å². The molecule has 1 aromatic heterocycles. The molecule has 0 aliphatic heterocycles. The number of aromatic nitrogens is 2. The lowest BCUT2D eigenvalue weighted by Gasteiger charge is -2.08. The summed E-state index contributed by atoms with van der Waals surface area (Å²) in [4.78, 5) is 4.39. The van der Waals surface area contributed by atoms with Gasteiger partial charge in [-0.15, -0.1) is 0 Å².